The molecule has 3 rings (SSSR count). The number of benzene rings is 2. The van der Waals surface area contributed by atoms with Crippen LogP contribution in [0.5, 0.6) is 5.75 Å². The van der Waals surface area contributed by atoms with E-state index < -0.39 is 0 Å². The first-order valence-electron chi connectivity index (χ1n) is 8.04. The van der Waals surface area contributed by atoms with E-state index in [-0.39, 0.29) is 6.61 Å². The summed E-state index contributed by atoms with van der Waals surface area (Å²) < 4.78 is 7.99. The third-order valence-corrected chi connectivity index (χ3v) is 4.42. The van der Waals surface area contributed by atoms with Gasteiger partial charge in [0.1, 0.15) is 18.2 Å². The van der Waals surface area contributed by atoms with Crippen LogP contribution in [0.2, 0.25) is 5.02 Å². The Labute approximate surface area is 146 Å². The quantitative estimate of drug-likeness (QED) is 0.726. The van der Waals surface area contributed by atoms with Gasteiger partial charge in [-0.1, -0.05) is 11.6 Å². The third kappa shape index (κ3) is 3.55. The van der Waals surface area contributed by atoms with E-state index in [0.717, 1.165) is 29.2 Å². The Morgan fingerprint density at radius 3 is 2.54 bits per heavy atom. The van der Waals surface area contributed by atoms with Gasteiger partial charge in [-0.05, 0) is 67.8 Å². The summed E-state index contributed by atoms with van der Waals surface area (Å²) in [6.45, 7) is 5.43. The molecule has 1 aromatic heterocycles. The fourth-order valence-electron chi connectivity index (χ4n) is 2.70. The van der Waals surface area contributed by atoms with Crippen molar-refractivity contribution in [2.75, 3.05) is 6.61 Å². The molecule has 0 aliphatic heterocycles. The second-order valence-electron chi connectivity index (χ2n) is 5.92. The van der Waals surface area contributed by atoms with Gasteiger partial charge in [-0.15, -0.1) is 0 Å². The van der Waals surface area contributed by atoms with E-state index in [1.165, 1.54) is 11.1 Å². The van der Waals surface area contributed by atoms with Gasteiger partial charge < -0.3 is 14.4 Å². The number of ether oxygens (including phenoxy) is 1. The number of hydrogen-bond donors (Lipinski definition) is 1. The van der Waals surface area contributed by atoms with Gasteiger partial charge in [-0.2, -0.15) is 0 Å². The third-order valence-electron chi connectivity index (χ3n) is 4.16. The van der Waals surface area contributed by atoms with Crippen LogP contribution in [-0.4, -0.2) is 21.3 Å². The monoisotopic (exact) mass is 344 g/mol. The van der Waals surface area contributed by atoms with Crippen molar-refractivity contribution in [3.05, 3.63) is 58.4 Å². The van der Waals surface area contributed by atoms with Crippen LogP contribution in [0, 0.1) is 13.8 Å². The number of rotatable bonds is 6. The molecule has 0 aliphatic rings. The zero-order chi connectivity index (χ0) is 17.1. The van der Waals surface area contributed by atoms with E-state index in [1.807, 2.05) is 12.1 Å². The van der Waals surface area contributed by atoms with Crippen LogP contribution in [0.3, 0.4) is 0 Å². The highest BCUT2D eigenvalue weighted by molar-refractivity contribution is 6.30. The lowest BCUT2D eigenvalue weighted by atomic mass is 10.1. The number of imidazole rings is 1. The Balaban J connectivity index is 1.91. The maximum atomic E-state index is 9.18. The summed E-state index contributed by atoms with van der Waals surface area (Å²) in [5, 5.41) is 9.87. The van der Waals surface area contributed by atoms with Gasteiger partial charge in [0.15, 0.2) is 0 Å². The molecular formula is C19H21ClN2O2. The molecule has 5 heteroatoms. The van der Waals surface area contributed by atoms with Crippen molar-refractivity contribution in [1.82, 2.24) is 9.55 Å². The lowest BCUT2D eigenvalue weighted by Gasteiger charge is -2.10. The molecular weight excluding hydrogens is 324 g/mol. The van der Waals surface area contributed by atoms with Crippen LogP contribution >= 0.6 is 11.6 Å². The molecule has 0 aliphatic carbocycles. The van der Waals surface area contributed by atoms with Crippen molar-refractivity contribution < 1.29 is 9.84 Å². The average Bonchev–Trinajstić information content (AvgIpc) is 2.89. The molecule has 0 radical (unpaired) electrons. The van der Waals surface area contributed by atoms with Crippen molar-refractivity contribution in [2.45, 2.75) is 33.4 Å². The lowest BCUT2D eigenvalue weighted by molar-refractivity contribution is 0.269. The topological polar surface area (TPSA) is 47.3 Å². The van der Waals surface area contributed by atoms with Crippen molar-refractivity contribution >= 4 is 22.6 Å². The molecule has 0 saturated heterocycles. The molecule has 1 heterocycles. The number of aliphatic hydroxyl groups is 1. The fourth-order valence-corrected chi connectivity index (χ4v) is 2.82. The van der Waals surface area contributed by atoms with E-state index in [4.69, 9.17) is 21.3 Å². The number of aromatic nitrogens is 2. The molecule has 0 saturated carbocycles. The zero-order valence-electron chi connectivity index (χ0n) is 13.9. The SMILES string of the molecule is Cc1cc2nc(COc3ccc(Cl)cc3)n(CCCO)c2cc1C. The second kappa shape index (κ2) is 7.24. The van der Waals surface area contributed by atoms with E-state index in [1.54, 1.807) is 12.1 Å². The zero-order valence-corrected chi connectivity index (χ0v) is 14.7. The normalized spacial score (nSPS) is 11.2. The van der Waals surface area contributed by atoms with E-state index in [2.05, 4.69) is 30.5 Å². The van der Waals surface area contributed by atoms with Crippen LogP contribution in [0.1, 0.15) is 23.4 Å². The predicted molar refractivity (Wildman–Crippen MR) is 96.7 cm³/mol. The Kier molecular flexibility index (Phi) is 5.07. The molecule has 126 valence electrons. The van der Waals surface area contributed by atoms with Gasteiger partial charge in [0.05, 0.1) is 11.0 Å². The molecule has 0 fully saturated rings. The Morgan fingerprint density at radius 2 is 1.83 bits per heavy atom. The number of aliphatic hydroxyl groups excluding tert-OH is 1. The average molecular weight is 345 g/mol. The minimum Gasteiger partial charge on any atom is -0.486 e. The Bertz CT molecular complexity index is 841. The molecule has 24 heavy (non-hydrogen) atoms. The summed E-state index contributed by atoms with van der Waals surface area (Å²) in [6, 6.07) is 11.6. The van der Waals surface area contributed by atoms with E-state index in [9.17, 15) is 5.11 Å². The molecule has 1 N–H and O–H groups in total. The largest absolute Gasteiger partial charge is 0.486 e. The summed E-state index contributed by atoms with van der Waals surface area (Å²) in [4.78, 5) is 4.73. The van der Waals surface area contributed by atoms with Crippen LogP contribution in [0.25, 0.3) is 11.0 Å². The predicted octanol–water partition coefficient (Wildman–Crippen LogP) is 4.27. The van der Waals surface area contributed by atoms with Gasteiger partial charge in [0, 0.05) is 18.2 Å². The van der Waals surface area contributed by atoms with Gasteiger partial charge in [0.2, 0.25) is 0 Å². The van der Waals surface area contributed by atoms with Gasteiger partial charge in [0.25, 0.3) is 0 Å². The number of halogens is 1. The van der Waals surface area contributed by atoms with Crippen LogP contribution < -0.4 is 4.74 Å². The van der Waals surface area contributed by atoms with Crippen LogP contribution in [0.15, 0.2) is 36.4 Å². The molecule has 3 aromatic rings. The number of nitrogens with zero attached hydrogens (tertiary/aromatic N) is 2. The first-order valence-corrected chi connectivity index (χ1v) is 8.42. The summed E-state index contributed by atoms with van der Waals surface area (Å²) in [7, 11) is 0. The van der Waals surface area contributed by atoms with Crippen molar-refractivity contribution in [2.24, 2.45) is 0 Å². The van der Waals surface area contributed by atoms with Gasteiger partial charge in [-0.25, -0.2) is 4.98 Å². The molecule has 0 bridgehead atoms. The summed E-state index contributed by atoms with van der Waals surface area (Å²) in [5.41, 5.74) is 4.50. The Hall–Kier alpha value is -2.04. The van der Waals surface area contributed by atoms with Crippen LogP contribution in [0.4, 0.5) is 0 Å². The summed E-state index contributed by atoms with van der Waals surface area (Å²) in [6.07, 6.45) is 0.687. The smallest absolute Gasteiger partial charge is 0.147 e. The van der Waals surface area contributed by atoms with Crippen LogP contribution in [-0.2, 0) is 13.2 Å². The maximum Gasteiger partial charge on any atom is 0.147 e. The van der Waals surface area contributed by atoms with Crippen molar-refractivity contribution in [3.63, 3.8) is 0 Å². The minimum absolute atomic E-state index is 0.155. The number of fused-ring (bicyclic) bond motifs is 1. The molecule has 0 unspecified atom stereocenters. The van der Waals surface area contributed by atoms with Crippen molar-refractivity contribution in [3.8, 4) is 5.75 Å². The molecule has 0 amide bonds. The Morgan fingerprint density at radius 1 is 1.12 bits per heavy atom. The second-order valence-corrected chi connectivity index (χ2v) is 6.36. The van der Waals surface area contributed by atoms with Gasteiger partial charge >= 0.3 is 0 Å². The highest BCUT2D eigenvalue weighted by atomic mass is 35.5. The van der Waals surface area contributed by atoms with E-state index >= 15 is 0 Å². The summed E-state index contributed by atoms with van der Waals surface area (Å²) >= 11 is 5.90. The standard InChI is InChI=1S/C19H21ClN2O2/c1-13-10-17-18(11-14(13)2)22(8-3-9-23)19(21-17)12-24-16-6-4-15(20)5-7-16/h4-7,10-11,23H,3,8-9,12H2,1-2H3. The first kappa shape index (κ1) is 16.8. The lowest BCUT2D eigenvalue weighted by Crippen LogP contribution is -2.08. The fraction of sp³-hybridized carbons (Fsp3) is 0.316. The molecule has 0 spiro atoms. The highest BCUT2D eigenvalue weighted by Crippen LogP contribution is 2.23. The summed E-state index contributed by atoms with van der Waals surface area (Å²) in [5.74, 6) is 1.62. The molecule has 2 aromatic carbocycles. The molecule has 0 atom stereocenters. The number of aryl methyl sites for hydroxylation is 3. The highest BCUT2D eigenvalue weighted by Gasteiger charge is 2.12. The van der Waals surface area contributed by atoms with Crippen molar-refractivity contribution in [1.29, 1.82) is 0 Å². The number of hydrogen-bond acceptors (Lipinski definition) is 3. The molecule has 4 nitrogen and oxygen atoms in total. The van der Waals surface area contributed by atoms with Gasteiger partial charge in [-0.3, -0.25) is 0 Å². The maximum absolute atomic E-state index is 9.18. The minimum atomic E-state index is 0.155. The first-order chi connectivity index (χ1) is 11.6. The van der Waals surface area contributed by atoms with E-state index in [0.29, 0.717) is 18.1 Å².